The molecule has 0 atom stereocenters. The second kappa shape index (κ2) is 5.82. The molecule has 2 aromatic rings. The smallest absolute Gasteiger partial charge is 0.256 e. The van der Waals surface area contributed by atoms with Crippen molar-refractivity contribution >= 4 is 15.9 Å². The number of benzene rings is 1. The summed E-state index contributed by atoms with van der Waals surface area (Å²) in [6.45, 7) is 0.184. The molecule has 0 unspecified atom stereocenters. The minimum atomic E-state index is -3.55. The fourth-order valence-electron chi connectivity index (χ4n) is 2.57. The highest BCUT2D eigenvalue weighted by atomic mass is 32.2. The summed E-state index contributed by atoms with van der Waals surface area (Å²) in [5, 5.41) is 20.3. The van der Waals surface area contributed by atoms with E-state index in [-0.39, 0.29) is 23.9 Å². The molecule has 1 aromatic heterocycles. The molecule has 24 heavy (non-hydrogen) atoms. The van der Waals surface area contributed by atoms with E-state index in [0.29, 0.717) is 23.5 Å². The summed E-state index contributed by atoms with van der Waals surface area (Å²) >= 11 is 0. The first-order chi connectivity index (χ1) is 11.4. The molecule has 1 aromatic carbocycles. The average molecular weight is 355 g/mol. The molecule has 0 radical (unpaired) electrons. The number of aromatic hydroxyl groups is 2. The van der Waals surface area contributed by atoms with Gasteiger partial charge in [0, 0.05) is 18.2 Å². The van der Waals surface area contributed by atoms with Gasteiger partial charge in [-0.25, -0.2) is 12.7 Å². The van der Waals surface area contributed by atoms with Gasteiger partial charge in [-0.15, -0.1) is 0 Å². The lowest BCUT2D eigenvalue weighted by Crippen LogP contribution is -2.24. The van der Waals surface area contributed by atoms with Crippen LogP contribution in [0.25, 0.3) is 11.3 Å². The van der Waals surface area contributed by atoms with E-state index in [2.05, 4.69) is 0 Å². The lowest BCUT2D eigenvalue weighted by atomic mass is 10.1. The summed E-state index contributed by atoms with van der Waals surface area (Å²) in [6.07, 6.45) is 0.422. The van der Waals surface area contributed by atoms with Crippen molar-refractivity contribution in [2.45, 2.75) is 6.42 Å². The first-order valence-corrected chi connectivity index (χ1v) is 8.77. The van der Waals surface area contributed by atoms with Gasteiger partial charge in [-0.3, -0.25) is 0 Å². The van der Waals surface area contributed by atoms with E-state index in [0.717, 1.165) is 4.31 Å². The third-order valence-corrected chi connectivity index (χ3v) is 5.60. The number of methoxy groups -OCH3 is 2. The zero-order valence-corrected chi connectivity index (χ0v) is 14.0. The van der Waals surface area contributed by atoms with Gasteiger partial charge >= 0.3 is 0 Å². The normalized spacial score (nSPS) is 16.3. The van der Waals surface area contributed by atoms with Crippen LogP contribution in [0.15, 0.2) is 22.6 Å². The van der Waals surface area contributed by atoms with Crippen LogP contribution in [0, 0.1) is 0 Å². The highest BCUT2D eigenvalue weighted by molar-refractivity contribution is 7.93. The van der Waals surface area contributed by atoms with Gasteiger partial charge in [0.05, 0.1) is 20.0 Å². The second-order valence-electron chi connectivity index (χ2n) is 5.28. The maximum Gasteiger partial charge on any atom is 0.256 e. The molecule has 1 aliphatic rings. The first-order valence-electron chi connectivity index (χ1n) is 7.16. The summed E-state index contributed by atoms with van der Waals surface area (Å²) in [4.78, 5) is 0. The maximum absolute atomic E-state index is 12.0. The molecular formula is C15H17NO7S. The molecule has 0 spiro atoms. The van der Waals surface area contributed by atoms with Gasteiger partial charge in [-0.2, -0.15) is 0 Å². The maximum atomic E-state index is 12.0. The molecule has 0 saturated carbocycles. The number of sulfonamides is 1. The summed E-state index contributed by atoms with van der Waals surface area (Å²) in [6, 6.07) is 4.78. The minimum Gasteiger partial charge on any atom is -0.502 e. The van der Waals surface area contributed by atoms with Gasteiger partial charge in [0.1, 0.15) is 11.5 Å². The highest BCUT2D eigenvalue weighted by Crippen LogP contribution is 2.49. The van der Waals surface area contributed by atoms with Gasteiger partial charge in [-0.1, -0.05) is 0 Å². The van der Waals surface area contributed by atoms with Crippen molar-refractivity contribution in [1.29, 1.82) is 0 Å². The van der Waals surface area contributed by atoms with Crippen LogP contribution in [0.3, 0.4) is 0 Å². The Kier molecular flexibility index (Phi) is 3.96. The van der Waals surface area contributed by atoms with Crippen LogP contribution in [0.1, 0.15) is 6.42 Å². The monoisotopic (exact) mass is 355 g/mol. The topological polar surface area (TPSA) is 109 Å². The summed E-state index contributed by atoms with van der Waals surface area (Å²) in [7, 11) is -0.610. The molecule has 0 aliphatic carbocycles. The summed E-state index contributed by atoms with van der Waals surface area (Å²) < 4.78 is 40.8. The minimum absolute atomic E-state index is 0.0315. The molecule has 0 amide bonds. The van der Waals surface area contributed by atoms with Crippen LogP contribution in [-0.2, 0) is 10.0 Å². The molecule has 9 heteroatoms. The van der Waals surface area contributed by atoms with Crippen LogP contribution >= 0.6 is 0 Å². The Morgan fingerprint density at radius 1 is 1.08 bits per heavy atom. The van der Waals surface area contributed by atoms with E-state index in [9.17, 15) is 18.6 Å². The Morgan fingerprint density at radius 3 is 2.21 bits per heavy atom. The van der Waals surface area contributed by atoms with Crippen molar-refractivity contribution in [3.63, 3.8) is 0 Å². The first kappa shape index (κ1) is 16.3. The molecule has 3 rings (SSSR count). The van der Waals surface area contributed by atoms with Gasteiger partial charge < -0.3 is 24.1 Å². The van der Waals surface area contributed by atoms with Gasteiger partial charge in [-0.05, 0) is 18.6 Å². The zero-order valence-electron chi connectivity index (χ0n) is 13.1. The van der Waals surface area contributed by atoms with E-state index in [1.54, 1.807) is 18.2 Å². The third kappa shape index (κ3) is 2.60. The lowest BCUT2D eigenvalue weighted by molar-refractivity contribution is 0.394. The number of nitrogens with zero attached hydrogens (tertiary/aromatic N) is 1. The van der Waals surface area contributed by atoms with Crippen molar-refractivity contribution in [2.24, 2.45) is 0 Å². The van der Waals surface area contributed by atoms with E-state index in [1.165, 1.54) is 14.2 Å². The molecule has 8 nitrogen and oxygen atoms in total. The number of hydrogen-bond acceptors (Lipinski definition) is 7. The van der Waals surface area contributed by atoms with Gasteiger partial charge in [0.2, 0.25) is 21.5 Å². The highest BCUT2D eigenvalue weighted by Gasteiger charge is 2.35. The van der Waals surface area contributed by atoms with E-state index in [4.69, 9.17) is 13.9 Å². The Labute approximate surface area is 138 Å². The van der Waals surface area contributed by atoms with Crippen molar-refractivity contribution < 1.29 is 32.5 Å². The van der Waals surface area contributed by atoms with Crippen LogP contribution in [0.2, 0.25) is 0 Å². The molecule has 2 N–H and O–H groups in total. The molecule has 2 heterocycles. The second-order valence-corrected chi connectivity index (χ2v) is 7.29. The molecule has 0 bridgehead atoms. The van der Waals surface area contributed by atoms with Crippen molar-refractivity contribution in [2.75, 3.05) is 30.8 Å². The van der Waals surface area contributed by atoms with Crippen LogP contribution in [0.5, 0.6) is 23.0 Å². The summed E-state index contributed by atoms with van der Waals surface area (Å²) in [5.41, 5.74) is 0.377. The largest absolute Gasteiger partial charge is 0.502 e. The zero-order chi connectivity index (χ0) is 17.5. The lowest BCUT2D eigenvalue weighted by Gasteiger charge is -2.13. The number of furan rings is 1. The van der Waals surface area contributed by atoms with E-state index < -0.39 is 21.5 Å². The average Bonchev–Trinajstić information content (AvgIpc) is 3.06. The summed E-state index contributed by atoms with van der Waals surface area (Å²) in [5.74, 6) is -0.635. The number of hydrogen-bond donors (Lipinski definition) is 2. The van der Waals surface area contributed by atoms with Gasteiger partial charge in [0.15, 0.2) is 5.76 Å². The number of rotatable bonds is 4. The third-order valence-electron chi connectivity index (χ3n) is 3.78. The molecule has 1 fully saturated rings. The SMILES string of the molecule is COc1cc(OC)cc(-c2oc(N3CCCS3(=O)=O)c(O)c2O)c1. The van der Waals surface area contributed by atoms with Crippen molar-refractivity contribution in [1.82, 2.24) is 0 Å². The van der Waals surface area contributed by atoms with Crippen molar-refractivity contribution in [3.05, 3.63) is 18.2 Å². The molecule has 130 valence electrons. The predicted molar refractivity (Wildman–Crippen MR) is 86.3 cm³/mol. The Hall–Kier alpha value is -2.55. The van der Waals surface area contributed by atoms with Crippen LogP contribution < -0.4 is 13.8 Å². The van der Waals surface area contributed by atoms with Crippen LogP contribution in [0.4, 0.5) is 5.88 Å². The predicted octanol–water partition coefficient (Wildman–Crippen LogP) is 1.91. The number of ether oxygens (including phenoxy) is 2. The quantitative estimate of drug-likeness (QED) is 0.862. The Bertz CT molecular complexity index is 850. The fraction of sp³-hybridized carbons (Fsp3) is 0.333. The Balaban J connectivity index is 2.12. The van der Waals surface area contributed by atoms with Crippen molar-refractivity contribution in [3.8, 4) is 34.3 Å². The molecule has 1 saturated heterocycles. The molecular weight excluding hydrogens is 338 g/mol. The molecule has 1 aliphatic heterocycles. The fourth-order valence-corrected chi connectivity index (χ4v) is 4.07. The number of anilines is 1. The standard InChI is InChI=1S/C15H17NO7S/c1-21-10-6-9(7-11(8-10)22-2)14-12(17)13(18)15(23-14)16-4-3-5-24(16,19)20/h6-8,17-18H,3-5H2,1-2H3. The van der Waals surface area contributed by atoms with E-state index in [1.807, 2.05) is 0 Å². The van der Waals surface area contributed by atoms with E-state index >= 15 is 0 Å². The van der Waals surface area contributed by atoms with Crippen LogP contribution in [-0.4, -0.2) is 45.1 Å². The van der Waals surface area contributed by atoms with Gasteiger partial charge in [0.25, 0.3) is 5.88 Å². The Morgan fingerprint density at radius 2 is 1.71 bits per heavy atom.